The summed E-state index contributed by atoms with van der Waals surface area (Å²) in [5.74, 6) is 0.365. The first-order chi connectivity index (χ1) is 12.5. The number of hydrogen-bond donors (Lipinski definition) is 1. The molecule has 1 unspecified atom stereocenters. The number of nitrogens with one attached hydrogen (secondary N) is 1. The molecule has 0 aliphatic carbocycles. The molecule has 0 saturated carbocycles. The Labute approximate surface area is 154 Å². The first-order valence-corrected chi connectivity index (χ1v) is 10.2. The lowest BCUT2D eigenvalue weighted by molar-refractivity contribution is 0.0683. The van der Waals surface area contributed by atoms with E-state index in [4.69, 9.17) is 0 Å². The molecule has 3 rings (SSSR count). The van der Waals surface area contributed by atoms with Gasteiger partial charge in [0.15, 0.2) is 0 Å². The van der Waals surface area contributed by atoms with Crippen molar-refractivity contribution in [1.82, 2.24) is 14.6 Å². The Balaban J connectivity index is 1.74. The lowest BCUT2D eigenvalue weighted by Gasteiger charge is -2.31. The highest BCUT2D eigenvalue weighted by atomic mass is 32.2. The van der Waals surface area contributed by atoms with Crippen molar-refractivity contribution in [2.24, 2.45) is 5.92 Å². The molecule has 1 aromatic carbocycles. The molecule has 2 heterocycles. The summed E-state index contributed by atoms with van der Waals surface area (Å²) in [5, 5.41) is 0. The second kappa shape index (κ2) is 7.97. The molecule has 0 spiro atoms. The van der Waals surface area contributed by atoms with E-state index in [1.165, 1.54) is 12.1 Å². The van der Waals surface area contributed by atoms with Crippen LogP contribution in [0.25, 0.3) is 0 Å². The first kappa shape index (κ1) is 18.5. The third-order valence-electron chi connectivity index (χ3n) is 4.55. The molecule has 2 aromatic rings. The number of sulfonamides is 1. The lowest BCUT2D eigenvalue weighted by Crippen LogP contribution is -2.39. The van der Waals surface area contributed by atoms with Gasteiger partial charge in [0.2, 0.25) is 10.0 Å². The Hall–Kier alpha value is -2.25. The van der Waals surface area contributed by atoms with Crippen LogP contribution in [-0.4, -0.2) is 37.3 Å². The molecular formula is C19H23N3O3S. The Morgan fingerprint density at radius 3 is 2.77 bits per heavy atom. The molecule has 1 atom stereocenters. The Morgan fingerprint density at radius 2 is 2.04 bits per heavy atom. The number of nitrogens with zero attached hydrogens (tertiary/aromatic N) is 2. The van der Waals surface area contributed by atoms with E-state index >= 15 is 0 Å². The van der Waals surface area contributed by atoms with Gasteiger partial charge in [0.1, 0.15) is 0 Å². The SMILES string of the molecule is CC1CCCN(C(=O)c2cccc(S(=O)(=O)NCc3ccncc3)c2)C1. The number of piperidine rings is 1. The van der Waals surface area contributed by atoms with Crippen LogP contribution in [0.4, 0.5) is 0 Å². The van der Waals surface area contributed by atoms with Gasteiger partial charge >= 0.3 is 0 Å². The van der Waals surface area contributed by atoms with Gasteiger partial charge in [-0.3, -0.25) is 9.78 Å². The minimum absolute atomic E-state index is 0.0995. The zero-order valence-corrected chi connectivity index (χ0v) is 15.6. The average Bonchev–Trinajstić information content (AvgIpc) is 2.67. The molecule has 138 valence electrons. The minimum atomic E-state index is -3.70. The molecule has 1 aliphatic rings. The molecule has 7 heteroatoms. The molecule has 1 fully saturated rings. The largest absolute Gasteiger partial charge is 0.338 e. The fourth-order valence-electron chi connectivity index (χ4n) is 3.12. The van der Waals surface area contributed by atoms with E-state index < -0.39 is 10.0 Å². The van der Waals surface area contributed by atoms with Crippen LogP contribution in [0.5, 0.6) is 0 Å². The van der Waals surface area contributed by atoms with E-state index in [-0.39, 0.29) is 17.3 Å². The van der Waals surface area contributed by atoms with E-state index in [0.717, 1.165) is 31.5 Å². The van der Waals surface area contributed by atoms with E-state index in [1.807, 2.05) is 4.90 Å². The van der Waals surface area contributed by atoms with Crippen LogP contribution in [0.2, 0.25) is 0 Å². The van der Waals surface area contributed by atoms with Crippen LogP contribution in [0.3, 0.4) is 0 Å². The number of rotatable bonds is 5. The van der Waals surface area contributed by atoms with E-state index in [2.05, 4.69) is 16.6 Å². The number of likely N-dealkylation sites (tertiary alicyclic amines) is 1. The summed E-state index contributed by atoms with van der Waals surface area (Å²) in [4.78, 5) is 18.5. The lowest BCUT2D eigenvalue weighted by atomic mass is 9.99. The minimum Gasteiger partial charge on any atom is -0.338 e. The fraction of sp³-hybridized carbons (Fsp3) is 0.368. The van der Waals surface area contributed by atoms with Gasteiger partial charge in [0, 0.05) is 37.6 Å². The topological polar surface area (TPSA) is 79.4 Å². The second-order valence-corrected chi connectivity index (χ2v) is 8.47. The van der Waals surface area contributed by atoms with Crippen LogP contribution in [-0.2, 0) is 16.6 Å². The highest BCUT2D eigenvalue weighted by Gasteiger charge is 2.23. The normalized spacial score (nSPS) is 17.9. The third-order valence-corrected chi connectivity index (χ3v) is 5.95. The second-order valence-electron chi connectivity index (χ2n) is 6.71. The van der Waals surface area contributed by atoms with E-state index in [0.29, 0.717) is 11.5 Å². The zero-order valence-electron chi connectivity index (χ0n) is 14.8. The van der Waals surface area contributed by atoms with Gasteiger partial charge in [-0.1, -0.05) is 13.0 Å². The molecule has 1 amide bonds. The number of carbonyl (C=O) groups is 1. The van der Waals surface area contributed by atoms with Crippen LogP contribution < -0.4 is 4.72 Å². The van der Waals surface area contributed by atoms with Crippen molar-refractivity contribution in [3.63, 3.8) is 0 Å². The maximum atomic E-state index is 12.7. The molecular weight excluding hydrogens is 350 g/mol. The van der Waals surface area contributed by atoms with Gasteiger partial charge in [-0.25, -0.2) is 13.1 Å². The molecule has 1 N–H and O–H groups in total. The quantitative estimate of drug-likeness (QED) is 0.873. The molecule has 26 heavy (non-hydrogen) atoms. The summed E-state index contributed by atoms with van der Waals surface area (Å²) in [7, 11) is -3.70. The highest BCUT2D eigenvalue weighted by Crippen LogP contribution is 2.19. The maximum Gasteiger partial charge on any atom is 0.253 e. The number of carbonyl (C=O) groups excluding carboxylic acids is 1. The maximum absolute atomic E-state index is 12.7. The highest BCUT2D eigenvalue weighted by molar-refractivity contribution is 7.89. The van der Waals surface area contributed by atoms with Crippen molar-refractivity contribution >= 4 is 15.9 Å². The Morgan fingerprint density at radius 1 is 1.27 bits per heavy atom. The predicted octanol–water partition coefficient (Wildman–Crippen LogP) is 2.43. The van der Waals surface area contributed by atoms with Gasteiger partial charge in [-0.05, 0) is 54.7 Å². The van der Waals surface area contributed by atoms with Crippen molar-refractivity contribution in [2.75, 3.05) is 13.1 Å². The van der Waals surface area contributed by atoms with E-state index in [9.17, 15) is 13.2 Å². The fourth-order valence-corrected chi connectivity index (χ4v) is 4.18. The zero-order chi connectivity index (χ0) is 18.6. The third kappa shape index (κ3) is 4.47. The summed E-state index contributed by atoms with van der Waals surface area (Å²) < 4.78 is 27.7. The van der Waals surface area contributed by atoms with Crippen LogP contribution in [0.1, 0.15) is 35.7 Å². The summed E-state index contributed by atoms with van der Waals surface area (Å²) in [6.45, 7) is 3.74. The van der Waals surface area contributed by atoms with E-state index in [1.54, 1.807) is 36.7 Å². The van der Waals surface area contributed by atoms with Crippen LogP contribution in [0, 0.1) is 5.92 Å². The summed E-state index contributed by atoms with van der Waals surface area (Å²) in [6, 6.07) is 9.74. The number of hydrogen-bond acceptors (Lipinski definition) is 4. The van der Waals surface area contributed by atoms with Crippen molar-refractivity contribution < 1.29 is 13.2 Å². The number of aromatic nitrogens is 1. The van der Waals surface area contributed by atoms with Crippen molar-refractivity contribution in [2.45, 2.75) is 31.2 Å². The van der Waals surface area contributed by atoms with Crippen LogP contribution in [0.15, 0.2) is 53.7 Å². The number of benzene rings is 1. The standard InChI is InChI=1S/C19H23N3O3S/c1-15-4-3-11-22(14-15)19(23)17-5-2-6-18(12-17)26(24,25)21-13-16-7-9-20-10-8-16/h2,5-10,12,15,21H,3-4,11,13-14H2,1H3. The summed E-state index contributed by atoms with van der Waals surface area (Å²) in [5.41, 5.74) is 1.23. The number of pyridine rings is 1. The van der Waals surface area contributed by atoms with Crippen molar-refractivity contribution in [1.29, 1.82) is 0 Å². The molecule has 1 aromatic heterocycles. The molecule has 1 saturated heterocycles. The average molecular weight is 373 g/mol. The van der Waals surface area contributed by atoms with Gasteiger partial charge < -0.3 is 4.90 Å². The molecule has 1 aliphatic heterocycles. The summed E-state index contributed by atoms with van der Waals surface area (Å²) >= 11 is 0. The van der Waals surface area contributed by atoms with Gasteiger partial charge in [-0.15, -0.1) is 0 Å². The molecule has 0 radical (unpaired) electrons. The first-order valence-electron chi connectivity index (χ1n) is 8.73. The Kier molecular flexibility index (Phi) is 5.68. The van der Waals surface area contributed by atoms with Gasteiger partial charge in [-0.2, -0.15) is 0 Å². The van der Waals surface area contributed by atoms with Crippen molar-refractivity contribution in [3.05, 3.63) is 59.9 Å². The van der Waals surface area contributed by atoms with Gasteiger partial charge in [0.25, 0.3) is 5.91 Å². The molecule has 0 bridgehead atoms. The number of amides is 1. The molecule has 6 nitrogen and oxygen atoms in total. The smallest absolute Gasteiger partial charge is 0.253 e. The monoisotopic (exact) mass is 373 g/mol. The van der Waals surface area contributed by atoms with Crippen LogP contribution >= 0.6 is 0 Å². The predicted molar refractivity (Wildman–Crippen MR) is 99.0 cm³/mol. The Bertz CT molecular complexity index is 869. The van der Waals surface area contributed by atoms with Crippen molar-refractivity contribution in [3.8, 4) is 0 Å². The van der Waals surface area contributed by atoms with Gasteiger partial charge in [0.05, 0.1) is 4.90 Å². The summed E-state index contributed by atoms with van der Waals surface area (Å²) in [6.07, 6.45) is 5.33.